The van der Waals surface area contributed by atoms with Crippen molar-refractivity contribution >= 4 is 17.2 Å². The van der Waals surface area contributed by atoms with Crippen molar-refractivity contribution in [1.82, 2.24) is 10.3 Å². The number of hydrogen-bond donors (Lipinski definition) is 1. The van der Waals surface area contributed by atoms with Crippen LogP contribution in [0.15, 0.2) is 48.8 Å². The van der Waals surface area contributed by atoms with E-state index in [-0.39, 0.29) is 0 Å². The minimum Gasteiger partial charge on any atom is -0.456 e. The number of rotatable bonds is 3. The summed E-state index contributed by atoms with van der Waals surface area (Å²) in [6, 6.07) is 9.46. The summed E-state index contributed by atoms with van der Waals surface area (Å²) < 4.78 is 5.90. The molecule has 4 rings (SSSR count). The Morgan fingerprint density at radius 2 is 1.96 bits per heavy atom. The number of ether oxygens (including phenoxy) is 1. The Labute approximate surface area is 147 Å². The highest BCUT2D eigenvalue weighted by molar-refractivity contribution is 6.30. The van der Waals surface area contributed by atoms with Gasteiger partial charge in [0.2, 0.25) is 0 Å². The van der Waals surface area contributed by atoms with E-state index in [4.69, 9.17) is 16.3 Å². The molecule has 1 aliphatic heterocycles. The van der Waals surface area contributed by atoms with Gasteiger partial charge in [0.1, 0.15) is 11.5 Å². The van der Waals surface area contributed by atoms with Gasteiger partial charge >= 0.3 is 0 Å². The summed E-state index contributed by atoms with van der Waals surface area (Å²) in [6.45, 7) is 1.16. The molecule has 1 aromatic carbocycles. The lowest BCUT2D eigenvalue weighted by molar-refractivity contribution is 0.347. The van der Waals surface area contributed by atoms with E-state index in [2.05, 4.69) is 22.4 Å². The molecule has 0 bridgehead atoms. The van der Waals surface area contributed by atoms with Gasteiger partial charge in [-0.2, -0.15) is 0 Å². The number of allylic oxidation sites excluding steroid dienone is 1. The third kappa shape index (κ3) is 3.33. The molecule has 1 N–H and O–H groups in total. The van der Waals surface area contributed by atoms with Crippen molar-refractivity contribution < 1.29 is 4.74 Å². The van der Waals surface area contributed by atoms with Crippen LogP contribution in [-0.4, -0.2) is 17.1 Å². The van der Waals surface area contributed by atoms with Crippen LogP contribution in [0.25, 0.3) is 5.57 Å². The number of benzene rings is 1. The molecule has 2 aromatic rings. The Hall–Kier alpha value is -1.84. The van der Waals surface area contributed by atoms with E-state index >= 15 is 0 Å². The second kappa shape index (κ2) is 6.58. The third-order valence-corrected chi connectivity index (χ3v) is 5.33. The fourth-order valence-electron chi connectivity index (χ4n) is 3.70. The van der Waals surface area contributed by atoms with E-state index in [1.165, 1.54) is 24.8 Å². The van der Waals surface area contributed by atoms with Gasteiger partial charge in [-0.15, -0.1) is 0 Å². The van der Waals surface area contributed by atoms with Gasteiger partial charge in [0, 0.05) is 16.8 Å². The summed E-state index contributed by atoms with van der Waals surface area (Å²) in [5, 5.41) is 4.40. The Morgan fingerprint density at radius 3 is 2.67 bits per heavy atom. The van der Waals surface area contributed by atoms with Crippen molar-refractivity contribution in [3.05, 3.63) is 59.4 Å². The van der Waals surface area contributed by atoms with Crippen molar-refractivity contribution in [3.8, 4) is 11.5 Å². The van der Waals surface area contributed by atoms with Crippen LogP contribution in [-0.2, 0) is 0 Å². The number of nitrogens with zero attached hydrogens (tertiary/aromatic N) is 1. The van der Waals surface area contributed by atoms with Crippen LogP contribution in [0.2, 0.25) is 5.02 Å². The van der Waals surface area contributed by atoms with E-state index in [9.17, 15) is 0 Å². The third-order valence-electron chi connectivity index (χ3n) is 5.08. The number of nitrogens with one attached hydrogen (secondary N) is 1. The highest BCUT2D eigenvalue weighted by Crippen LogP contribution is 2.38. The zero-order valence-electron chi connectivity index (χ0n) is 13.6. The van der Waals surface area contributed by atoms with Crippen molar-refractivity contribution in [1.29, 1.82) is 0 Å². The van der Waals surface area contributed by atoms with Gasteiger partial charge in [-0.3, -0.25) is 4.98 Å². The molecule has 2 heterocycles. The molecule has 0 saturated carbocycles. The zero-order chi connectivity index (χ0) is 16.4. The summed E-state index contributed by atoms with van der Waals surface area (Å²) >= 11 is 5.91. The summed E-state index contributed by atoms with van der Waals surface area (Å²) in [6.07, 6.45) is 12.1. The standard InChI is InChI=1S/C20H21ClN2O/c21-17-2-4-18(5-3-17)24-19-12-16(13-22-14-19)15-6-9-20(10-7-15)8-1-11-23-20/h2-6,12-14,23H,1,7-11H2. The largest absolute Gasteiger partial charge is 0.456 e. The van der Waals surface area contributed by atoms with Gasteiger partial charge in [0.05, 0.1) is 6.20 Å². The first-order valence-corrected chi connectivity index (χ1v) is 8.93. The van der Waals surface area contributed by atoms with Gasteiger partial charge in [-0.25, -0.2) is 0 Å². The van der Waals surface area contributed by atoms with E-state index in [1.807, 2.05) is 30.5 Å². The zero-order valence-corrected chi connectivity index (χ0v) is 14.4. The van der Waals surface area contributed by atoms with E-state index in [1.54, 1.807) is 6.20 Å². The quantitative estimate of drug-likeness (QED) is 0.832. The van der Waals surface area contributed by atoms with E-state index in [0.717, 1.165) is 36.4 Å². The lowest BCUT2D eigenvalue weighted by Crippen LogP contribution is -2.40. The highest BCUT2D eigenvalue weighted by atomic mass is 35.5. The van der Waals surface area contributed by atoms with Crippen molar-refractivity contribution in [2.75, 3.05) is 6.54 Å². The fraction of sp³-hybridized carbons (Fsp3) is 0.350. The molecule has 1 saturated heterocycles. The average molecular weight is 341 g/mol. The molecular formula is C20H21ClN2O. The van der Waals surface area contributed by atoms with Crippen molar-refractivity contribution in [2.24, 2.45) is 0 Å². The maximum atomic E-state index is 5.91. The van der Waals surface area contributed by atoms with E-state index in [0.29, 0.717) is 10.6 Å². The Balaban J connectivity index is 1.50. The second-order valence-corrected chi connectivity index (χ2v) is 7.15. The number of halogens is 1. The van der Waals surface area contributed by atoms with Crippen LogP contribution in [0.4, 0.5) is 0 Å². The van der Waals surface area contributed by atoms with Crippen LogP contribution < -0.4 is 10.1 Å². The number of aromatic nitrogens is 1. The summed E-state index contributed by atoms with van der Waals surface area (Å²) in [5.74, 6) is 1.53. The van der Waals surface area contributed by atoms with Gasteiger partial charge < -0.3 is 10.1 Å². The highest BCUT2D eigenvalue weighted by Gasteiger charge is 2.34. The molecule has 124 valence electrons. The second-order valence-electron chi connectivity index (χ2n) is 6.71. The minimum atomic E-state index is 0.356. The predicted molar refractivity (Wildman–Crippen MR) is 97.6 cm³/mol. The Bertz CT molecular complexity index is 748. The molecule has 1 aromatic heterocycles. The molecule has 1 unspecified atom stereocenters. The SMILES string of the molecule is Clc1ccc(Oc2cncc(C3=CCC4(CCCN4)CC3)c2)cc1. The topological polar surface area (TPSA) is 34.1 Å². The predicted octanol–water partition coefficient (Wildman–Crippen LogP) is 5.22. The molecular weight excluding hydrogens is 320 g/mol. The summed E-state index contributed by atoms with van der Waals surface area (Å²) in [7, 11) is 0. The fourth-order valence-corrected chi connectivity index (χ4v) is 3.83. The molecule has 1 aliphatic carbocycles. The molecule has 4 heteroatoms. The van der Waals surface area contributed by atoms with Crippen molar-refractivity contribution in [2.45, 2.75) is 37.6 Å². The van der Waals surface area contributed by atoms with Crippen LogP contribution >= 0.6 is 11.6 Å². The molecule has 1 fully saturated rings. The molecule has 24 heavy (non-hydrogen) atoms. The lowest BCUT2D eigenvalue weighted by Gasteiger charge is -2.33. The normalized spacial score (nSPS) is 23.3. The molecule has 0 radical (unpaired) electrons. The molecule has 3 nitrogen and oxygen atoms in total. The minimum absolute atomic E-state index is 0.356. The molecule has 0 amide bonds. The van der Waals surface area contributed by atoms with Crippen molar-refractivity contribution in [3.63, 3.8) is 0 Å². The maximum absolute atomic E-state index is 5.91. The summed E-state index contributed by atoms with van der Waals surface area (Å²) in [4.78, 5) is 4.36. The molecule has 1 spiro atoms. The lowest BCUT2D eigenvalue weighted by atomic mass is 9.80. The molecule has 2 aliphatic rings. The number of pyridine rings is 1. The average Bonchev–Trinajstić information content (AvgIpc) is 3.06. The first kappa shape index (κ1) is 15.7. The maximum Gasteiger partial charge on any atom is 0.146 e. The van der Waals surface area contributed by atoms with Gasteiger partial charge in [-0.1, -0.05) is 17.7 Å². The van der Waals surface area contributed by atoms with Gasteiger partial charge in [-0.05, 0) is 80.1 Å². The first-order chi connectivity index (χ1) is 11.7. The summed E-state index contributed by atoms with van der Waals surface area (Å²) in [5.41, 5.74) is 2.90. The van der Waals surface area contributed by atoms with Gasteiger partial charge in [0.25, 0.3) is 0 Å². The first-order valence-electron chi connectivity index (χ1n) is 8.55. The number of hydrogen-bond acceptors (Lipinski definition) is 3. The van der Waals surface area contributed by atoms with Crippen LogP contribution in [0.5, 0.6) is 11.5 Å². The van der Waals surface area contributed by atoms with Gasteiger partial charge in [0.15, 0.2) is 0 Å². The van der Waals surface area contributed by atoms with Crippen LogP contribution in [0.1, 0.15) is 37.7 Å². The smallest absolute Gasteiger partial charge is 0.146 e. The Morgan fingerprint density at radius 1 is 1.08 bits per heavy atom. The monoisotopic (exact) mass is 340 g/mol. The molecule has 1 atom stereocenters. The van der Waals surface area contributed by atoms with E-state index < -0.39 is 0 Å². The Kier molecular flexibility index (Phi) is 4.30. The van der Waals surface area contributed by atoms with Crippen LogP contribution in [0, 0.1) is 0 Å². The van der Waals surface area contributed by atoms with Crippen LogP contribution in [0.3, 0.4) is 0 Å².